The first kappa shape index (κ1) is 14.4. The average molecular weight is 263 g/mol. The minimum Gasteiger partial charge on any atom is -0.468 e. The third-order valence-corrected chi connectivity index (χ3v) is 5.41. The number of rotatable bonds is 5. The second kappa shape index (κ2) is 5.82. The molecule has 0 N–H and O–H groups in total. The molecule has 1 saturated heterocycles. The first-order valence-corrected chi connectivity index (χ1v) is 7.63. The van der Waals surface area contributed by atoms with Crippen molar-refractivity contribution in [2.75, 3.05) is 26.0 Å². The molecule has 5 nitrogen and oxygen atoms in total. The second-order valence-electron chi connectivity index (χ2n) is 4.63. The molecule has 100 valence electrons. The van der Waals surface area contributed by atoms with Crippen LogP contribution >= 0.6 is 0 Å². The van der Waals surface area contributed by atoms with Crippen molar-refractivity contribution in [3.63, 3.8) is 0 Å². The molecule has 1 atom stereocenters. The summed E-state index contributed by atoms with van der Waals surface area (Å²) in [7, 11) is -1.67. The molecule has 0 aliphatic carbocycles. The van der Waals surface area contributed by atoms with E-state index in [1.807, 2.05) is 4.90 Å². The predicted octanol–water partition coefficient (Wildman–Crippen LogP) is 0.447. The van der Waals surface area contributed by atoms with Gasteiger partial charge in [0.1, 0.15) is 6.04 Å². The molecule has 0 radical (unpaired) electrons. The molecule has 0 aromatic rings. The van der Waals surface area contributed by atoms with E-state index in [2.05, 4.69) is 0 Å². The van der Waals surface area contributed by atoms with Gasteiger partial charge in [-0.3, -0.25) is 9.69 Å². The van der Waals surface area contributed by atoms with Crippen molar-refractivity contribution in [2.45, 2.75) is 38.0 Å². The Morgan fingerprint density at radius 2 is 2.12 bits per heavy atom. The van der Waals surface area contributed by atoms with Gasteiger partial charge >= 0.3 is 5.97 Å². The summed E-state index contributed by atoms with van der Waals surface area (Å²) >= 11 is 0. The van der Waals surface area contributed by atoms with Crippen molar-refractivity contribution >= 4 is 15.8 Å². The zero-order chi connectivity index (χ0) is 13.1. The predicted molar refractivity (Wildman–Crippen MR) is 65.5 cm³/mol. The quantitative estimate of drug-likeness (QED) is 0.674. The minimum absolute atomic E-state index is 0.109. The molecular weight excluding hydrogens is 242 g/mol. The van der Waals surface area contributed by atoms with E-state index in [4.69, 9.17) is 4.74 Å². The Labute approximate surface area is 103 Å². The van der Waals surface area contributed by atoms with E-state index in [0.717, 1.165) is 19.4 Å². The normalized spacial score (nSPS) is 22.0. The molecule has 1 unspecified atom stereocenters. The van der Waals surface area contributed by atoms with Gasteiger partial charge in [-0.1, -0.05) is 0 Å². The van der Waals surface area contributed by atoms with Crippen molar-refractivity contribution in [1.82, 2.24) is 4.90 Å². The summed E-state index contributed by atoms with van der Waals surface area (Å²) in [6.07, 6.45) is 1.68. The van der Waals surface area contributed by atoms with Gasteiger partial charge in [0, 0.05) is 6.54 Å². The largest absolute Gasteiger partial charge is 0.468 e. The lowest BCUT2D eigenvalue weighted by Crippen LogP contribution is -2.40. The van der Waals surface area contributed by atoms with Crippen LogP contribution in [0.25, 0.3) is 0 Å². The Morgan fingerprint density at radius 1 is 1.47 bits per heavy atom. The highest BCUT2D eigenvalue weighted by atomic mass is 32.2. The van der Waals surface area contributed by atoms with Crippen LogP contribution in [0.2, 0.25) is 0 Å². The minimum atomic E-state index is -3.04. The molecular formula is C11H21NO4S. The van der Waals surface area contributed by atoms with Crippen molar-refractivity contribution in [3.8, 4) is 0 Å². The van der Waals surface area contributed by atoms with Gasteiger partial charge in [0.05, 0.1) is 18.1 Å². The number of nitrogens with zero attached hydrogens (tertiary/aromatic N) is 1. The van der Waals surface area contributed by atoms with Crippen molar-refractivity contribution in [1.29, 1.82) is 0 Å². The summed E-state index contributed by atoms with van der Waals surface area (Å²) in [6, 6.07) is -0.262. The number of hydrogen-bond donors (Lipinski definition) is 0. The molecule has 0 saturated carbocycles. The fourth-order valence-electron chi connectivity index (χ4n) is 1.98. The number of carbonyl (C=O) groups is 1. The van der Waals surface area contributed by atoms with E-state index in [-0.39, 0.29) is 23.0 Å². The van der Waals surface area contributed by atoms with Crippen LogP contribution in [0.4, 0.5) is 0 Å². The van der Waals surface area contributed by atoms with Crippen molar-refractivity contribution in [3.05, 3.63) is 0 Å². The summed E-state index contributed by atoms with van der Waals surface area (Å²) in [5, 5.41) is -0.360. The highest BCUT2D eigenvalue weighted by Crippen LogP contribution is 2.18. The lowest BCUT2D eigenvalue weighted by atomic mass is 10.2. The monoisotopic (exact) mass is 263 g/mol. The van der Waals surface area contributed by atoms with Crippen LogP contribution in [0.1, 0.15) is 26.7 Å². The Balaban J connectivity index is 2.55. The molecule has 17 heavy (non-hydrogen) atoms. The van der Waals surface area contributed by atoms with Gasteiger partial charge in [-0.05, 0) is 33.2 Å². The van der Waals surface area contributed by atoms with Gasteiger partial charge in [-0.15, -0.1) is 0 Å². The molecule has 0 amide bonds. The molecule has 1 aliphatic rings. The van der Waals surface area contributed by atoms with Crippen LogP contribution in [-0.4, -0.2) is 56.5 Å². The molecule has 6 heteroatoms. The van der Waals surface area contributed by atoms with Crippen LogP contribution in [0.3, 0.4) is 0 Å². The summed E-state index contributed by atoms with van der Waals surface area (Å²) in [6.45, 7) is 4.54. The summed E-state index contributed by atoms with van der Waals surface area (Å²) in [5.74, 6) is -0.150. The van der Waals surface area contributed by atoms with Crippen LogP contribution < -0.4 is 0 Å². The fourth-order valence-corrected chi connectivity index (χ4v) is 2.94. The summed E-state index contributed by atoms with van der Waals surface area (Å²) in [4.78, 5) is 13.4. The van der Waals surface area contributed by atoms with Gasteiger partial charge in [0.25, 0.3) is 0 Å². The highest BCUT2D eigenvalue weighted by Gasteiger charge is 2.32. The summed E-state index contributed by atoms with van der Waals surface area (Å²) < 4.78 is 28.1. The zero-order valence-electron chi connectivity index (χ0n) is 10.7. The second-order valence-corrected chi connectivity index (χ2v) is 7.31. The molecule has 1 fully saturated rings. The smallest absolute Gasteiger partial charge is 0.323 e. The standard InChI is InChI=1S/C11H21NO4S/c1-9(2)17(14,15)8-7-12-6-4-5-10(12)11(13)16-3/h9-10H,4-8H2,1-3H3. The molecule has 1 rings (SSSR count). The third kappa shape index (κ3) is 3.67. The summed E-state index contributed by atoms with van der Waals surface area (Å²) in [5.41, 5.74) is 0. The number of likely N-dealkylation sites (tertiary alicyclic amines) is 1. The van der Waals surface area contributed by atoms with E-state index in [9.17, 15) is 13.2 Å². The maximum Gasteiger partial charge on any atom is 0.323 e. The van der Waals surface area contributed by atoms with Gasteiger partial charge in [0.15, 0.2) is 9.84 Å². The number of carbonyl (C=O) groups excluding carboxylic acids is 1. The molecule has 1 heterocycles. The number of esters is 1. The van der Waals surface area contributed by atoms with E-state index in [1.54, 1.807) is 13.8 Å². The van der Waals surface area contributed by atoms with Gasteiger partial charge < -0.3 is 4.74 Å². The Morgan fingerprint density at radius 3 is 2.65 bits per heavy atom. The molecule has 0 bridgehead atoms. The number of hydrogen-bond acceptors (Lipinski definition) is 5. The van der Waals surface area contributed by atoms with Gasteiger partial charge in [-0.25, -0.2) is 8.42 Å². The first-order chi connectivity index (χ1) is 7.88. The fraction of sp³-hybridized carbons (Fsp3) is 0.909. The van der Waals surface area contributed by atoms with E-state index in [1.165, 1.54) is 7.11 Å². The van der Waals surface area contributed by atoms with Crippen LogP contribution in [0.15, 0.2) is 0 Å². The lowest BCUT2D eigenvalue weighted by Gasteiger charge is -2.22. The van der Waals surface area contributed by atoms with Crippen LogP contribution in [0.5, 0.6) is 0 Å². The van der Waals surface area contributed by atoms with E-state index >= 15 is 0 Å². The maximum atomic E-state index is 11.7. The number of ether oxygens (including phenoxy) is 1. The number of sulfone groups is 1. The van der Waals surface area contributed by atoms with Gasteiger partial charge in [-0.2, -0.15) is 0 Å². The Bertz CT molecular complexity index is 364. The molecule has 0 aromatic heterocycles. The first-order valence-electron chi connectivity index (χ1n) is 5.92. The van der Waals surface area contributed by atoms with E-state index < -0.39 is 9.84 Å². The van der Waals surface area contributed by atoms with Crippen LogP contribution in [-0.2, 0) is 19.4 Å². The Hall–Kier alpha value is -0.620. The average Bonchev–Trinajstić information content (AvgIpc) is 2.73. The highest BCUT2D eigenvalue weighted by molar-refractivity contribution is 7.92. The molecule has 0 spiro atoms. The molecule has 0 aromatic carbocycles. The van der Waals surface area contributed by atoms with Crippen LogP contribution in [0, 0.1) is 0 Å². The molecule has 1 aliphatic heterocycles. The number of methoxy groups -OCH3 is 1. The van der Waals surface area contributed by atoms with Crippen molar-refractivity contribution < 1.29 is 17.9 Å². The lowest BCUT2D eigenvalue weighted by molar-refractivity contribution is -0.145. The SMILES string of the molecule is COC(=O)C1CCCN1CCS(=O)(=O)C(C)C. The topological polar surface area (TPSA) is 63.7 Å². The maximum absolute atomic E-state index is 11.7. The van der Waals surface area contributed by atoms with Gasteiger partial charge in [0.2, 0.25) is 0 Å². The van der Waals surface area contributed by atoms with Crippen molar-refractivity contribution in [2.24, 2.45) is 0 Å². The third-order valence-electron chi connectivity index (χ3n) is 3.22. The zero-order valence-corrected chi connectivity index (χ0v) is 11.5. The Kier molecular flexibility index (Phi) is 4.94. The van der Waals surface area contributed by atoms with E-state index in [0.29, 0.717) is 6.54 Å².